The molecule has 2 aromatic rings. The van der Waals surface area contributed by atoms with Crippen LogP contribution in [0.15, 0.2) is 34.1 Å². The van der Waals surface area contributed by atoms with E-state index in [2.05, 4.69) is 15.5 Å². The first-order valence-electron chi connectivity index (χ1n) is 10.2. The van der Waals surface area contributed by atoms with E-state index in [1.54, 1.807) is 10.9 Å². The van der Waals surface area contributed by atoms with Crippen LogP contribution in [0.1, 0.15) is 5.69 Å². The fourth-order valence-corrected chi connectivity index (χ4v) is 5.73. The number of aliphatic hydroxyl groups is 1. The molecule has 2 aromatic heterocycles. The van der Waals surface area contributed by atoms with Gasteiger partial charge in [0.1, 0.15) is 35.4 Å². The summed E-state index contributed by atoms with van der Waals surface area (Å²) in [6.07, 6.45) is 1.62. The van der Waals surface area contributed by atoms with Crippen molar-refractivity contribution in [3.05, 3.63) is 40.1 Å². The van der Waals surface area contributed by atoms with Crippen molar-refractivity contribution >= 4 is 51.7 Å². The first-order valence-corrected chi connectivity index (χ1v) is 12.1. The molecular formula is C19H22N8O6S2. The highest BCUT2D eigenvalue weighted by atomic mass is 32.2. The number of nitrogens with zero attached hydrogens (tertiary/aromatic N) is 5. The van der Waals surface area contributed by atoms with E-state index in [1.807, 2.05) is 0 Å². The number of hydrogen-bond acceptors (Lipinski definition) is 11. The molecule has 2 atom stereocenters. The second-order valence-electron chi connectivity index (χ2n) is 7.46. The number of thiazole rings is 1. The molecule has 1 fully saturated rings. The van der Waals surface area contributed by atoms with E-state index in [-0.39, 0.29) is 53.2 Å². The fourth-order valence-electron chi connectivity index (χ4n) is 3.85. The molecule has 14 nitrogen and oxygen atoms in total. The van der Waals surface area contributed by atoms with E-state index >= 15 is 0 Å². The van der Waals surface area contributed by atoms with Crippen LogP contribution in [0, 0.1) is 5.41 Å². The van der Waals surface area contributed by atoms with E-state index in [4.69, 9.17) is 16.0 Å². The van der Waals surface area contributed by atoms with E-state index in [0.717, 1.165) is 16.2 Å². The third-order valence-electron chi connectivity index (χ3n) is 5.36. The molecule has 0 saturated carbocycles. The van der Waals surface area contributed by atoms with E-state index in [9.17, 15) is 24.6 Å². The minimum atomic E-state index is -1.27. The number of rotatable bonds is 9. The number of aromatic nitrogens is 3. The second kappa shape index (κ2) is 9.93. The van der Waals surface area contributed by atoms with Gasteiger partial charge in [-0.1, -0.05) is 5.16 Å². The number of aliphatic hydroxyl groups excluding tert-OH is 1. The maximum atomic E-state index is 13.0. The monoisotopic (exact) mass is 522 g/mol. The number of β-lactam (4-membered cyclic amide) rings is 1. The summed E-state index contributed by atoms with van der Waals surface area (Å²) in [5.74, 6) is -2.26. The zero-order valence-corrected chi connectivity index (χ0v) is 20.0. The molecule has 4 heterocycles. The van der Waals surface area contributed by atoms with Crippen molar-refractivity contribution in [1.29, 1.82) is 5.41 Å². The third-order valence-corrected chi connectivity index (χ3v) is 7.37. The summed E-state index contributed by atoms with van der Waals surface area (Å²) in [4.78, 5) is 47.8. The number of carboxylic acids is 1. The van der Waals surface area contributed by atoms with Crippen LogP contribution >= 0.6 is 23.1 Å². The van der Waals surface area contributed by atoms with Gasteiger partial charge < -0.3 is 26.1 Å². The number of anilines is 1. The van der Waals surface area contributed by atoms with Gasteiger partial charge in [-0.25, -0.2) is 9.78 Å². The molecule has 186 valence electrons. The van der Waals surface area contributed by atoms with Crippen LogP contribution < -0.4 is 16.5 Å². The molecule has 2 aliphatic heterocycles. The summed E-state index contributed by atoms with van der Waals surface area (Å²) in [5, 5.41) is 34.5. The highest BCUT2D eigenvalue weighted by Crippen LogP contribution is 2.40. The molecule has 0 aromatic carbocycles. The van der Waals surface area contributed by atoms with Crippen molar-refractivity contribution in [2.24, 2.45) is 5.16 Å². The van der Waals surface area contributed by atoms with Crippen molar-refractivity contribution < 1.29 is 29.4 Å². The third kappa shape index (κ3) is 4.54. The maximum Gasteiger partial charge on any atom is 0.352 e. The molecule has 0 bridgehead atoms. The van der Waals surface area contributed by atoms with Crippen LogP contribution in [0.5, 0.6) is 0 Å². The van der Waals surface area contributed by atoms with Gasteiger partial charge in [0.05, 0.1) is 19.7 Å². The van der Waals surface area contributed by atoms with Crippen LogP contribution in [0.25, 0.3) is 0 Å². The fraction of sp³-hybridized carbons (Fsp3) is 0.368. The molecular weight excluding hydrogens is 500 g/mol. The van der Waals surface area contributed by atoms with Crippen LogP contribution in [-0.2, 0) is 32.3 Å². The lowest BCUT2D eigenvalue weighted by Gasteiger charge is -2.49. The van der Waals surface area contributed by atoms with Gasteiger partial charge >= 0.3 is 5.97 Å². The Balaban J connectivity index is 1.55. The topological polar surface area (TPSA) is 201 Å². The number of carbonyl (C=O) groups is 3. The predicted octanol–water partition coefficient (Wildman–Crippen LogP) is -1.41. The molecule has 6 N–H and O–H groups in total. The molecule has 0 spiro atoms. The summed E-state index contributed by atoms with van der Waals surface area (Å²) < 4.78 is 3.13. The van der Waals surface area contributed by atoms with Gasteiger partial charge in [-0.15, -0.1) is 23.1 Å². The van der Waals surface area contributed by atoms with Crippen molar-refractivity contribution in [3.8, 4) is 0 Å². The number of hydrogen-bond donors (Lipinski definition) is 5. The molecule has 16 heteroatoms. The van der Waals surface area contributed by atoms with E-state index in [0.29, 0.717) is 5.57 Å². The Morgan fingerprint density at radius 1 is 1.46 bits per heavy atom. The summed E-state index contributed by atoms with van der Waals surface area (Å²) in [6.45, 7) is 0.108. The molecule has 2 amide bonds. The number of fused-ring (bicyclic) bond motifs is 1. The molecule has 0 radical (unpaired) electrons. The molecule has 2 aliphatic rings. The first kappa shape index (κ1) is 24.5. The average molecular weight is 523 g/mol. The van der Waals surface area contributed by atoms with Gasteiger partial charge in [-0.05, 0) is 11.6 Å². The lowest BCUT2D eigenvalue weighted by Crippen LogP contribution is -2.71. The normalized spacial score (nSPS) is 19.9. The van der Waals surface area contributed by atoms with Crippen LogP contribution in [0.4, 0.5) is 5.13 Å². The predicted molar refractivity (Wildman–Crippen MR) is 125 cm³/mol. The van der Waals surface area contributed by atoms with Gasteiger partial charge in [0.25, 0.3) is 11.8 Å². The Morgan fingerprint density at radius 3 is 2.86 bits per heavy atom. The number of nitrogen functional groups attached to an aromatic ring is 1. The van der Waals surface area contributed by atoms with Crippen molar-refractivity contribution in [2.75, 3.05) is 25.2 Å². The van der Waals surface area contributed by atoms with Gasteiger partial charge in [0.2, 0.25) is 0 Å². The number of nitrogens with one attached hydrogen (secondary N) is 2. The number of oxime groups is 1. The number of thioether (sulfide) groups is 1. The SMILES string of the molecule is CO/N=C(\C(=O)N[C@@H]1C(=O)N2C(C(=O)O)=C(Cn3ccc(=N)n3CCO)CS[C@H]12)c1csc(N)n1. The largest absolute Gasteiger partial charge is 0.477 e. The second-order valence-corrected chi connectivity index (χ2v) is 9.45. The maximum absolute atomic E-state index is 13.0. The Labute approximate surface area is 206 Å². The lowest BCUT2D eigenvalue weighted by molar-refractivity contribution is -0.150. The van der Waals surface area contributed by atoms with Crippen LogP contribution in [-0.4, -0.2) is 83.8 Å². The Hall–Kier alpha value is -3.63. The Kier molecular flexibility index (Phi) is 6.95. The van der Waals surface area contributed by atoms with Crippen LogP contribution in [0.3, 0.4) is 0 Å². The molecule has 35 heavy (non-hydrogen) atoms. The highest BCUT2D eigenvalue weighted by Gasteiger charge is 2.54. The number of nitrogens with two attached hydrogens (primary N) is 1. The standard InChI is InChI=1S/C19H22N8O6S2/c1-33-24-12(10-8-35-19(21)22-10)15(29)23-13-16(30)27-14(18(31)32)9(7-34-17(13)27)6-25-3-2-11(20)26(25)4-5-28/h2-3,8,13,17,20,28H,4-7H2,1H3,(H2,21,22)(H,23,29)(H,31,32)/b20-11?,24-12-/t13-,17-/m1/s1. The number of carboxylic acid groups (broad SMARTS) is 1. The Morgan fingerprint density at radius 2 is 2.23 bits per heavy atom. The zero-order chi connectivity index (χ0) is 25.3. The average Bonchev–Trinajstić information content (AvgIpc) is 3.41. The minimum Gasteiger partial charge on any atom is -0.477 e. The summed E-state index contributed by atoms with van der Waals surface area (Å²) in [7, 11) is 1.26. The summed E-state index contributed by atoms with van der Waals surface area (Å²) >= 11 is 2.43. The number of carbonyl (C=O) groups excluding carboxylic acids is 2. The number of aliphatic carboxylic acids is 1. The van der Waals surface area contributed by atoms with Crippen molar-refractivity contribution in [2.45, 2.75) is 24.5 Å². The van der Waals surface area contributed by atoms with Crippen molar-refractivity contribution in [1.82, 2.24) is 24.6 Å². The molecule has 4 rings (SSSR count). The summed E-state index contributed by atoms with van der Waals surface area (Å²) in [5.41, 5.74) is 6.14. The smallest absolute Gasteiger partial charge is 0.352 e. The lowest BCUT2D eigenvalue weighted by atomic mass is 10.0. The number of amides is 2. The molecule has 0 aliphatic carbocycles. The summed E-state index contributed by atoms with van der Waals surface area (Å²) in [6, 6.07) is 0.567. The first-order chi connectivity index (χ1) is 16.8. The van der Waals surface area contributed by atoms with Gasteiger partial charge in [0.15, 0.2) is 10.8 Å². The Bertz CT molecular complexity index is 1290. The van der Waals surface area contributed by atoms with Crippen molar-refractivity contribution in [3.63, 3.8) is 0 Å². The van der Waals surface area contributed by atoms with Crippen LogP contribution in [0.2, 0.25) is 0 Å². The molecule has 1 saturated heterocycles. The van der Waals surface area contributed by atoms with Gasteiger partial charge in [-0.3, -0.25) is 29.3 Å². The zero-order valence-electron chi connectivity index (χ0n) is 18.4. The van der Waals surface area contributed by atoms with Gasteiger partial charge in [0, 0.05) is 17.3 Å². The minimum absolute atomic E-state index is 0.122. The van der Waals surface area contributed by atoms with E-state index in [1.165, 1.54) is 35.0 Å². The van der Waals surface area contributed by atoms with Gasteiger partial charge in [-0.2, -0.15) is 0 Å². The molecule has 0 unspecified atom stereocenters. The van der Waals surface area contributed by atoms with E-state index < -0.39 is 29.2 Å². The quantitative estimate of drug-likeness (QED) is 0.149. The highest BCUT2D eigenvalue weighted by molar-refractivity contribution is 8.00.